The quantitative estimate of drug-likeness (QED) is 0.924. The maximum absolute atomic E-state index is 12.5. The third-order valence-corrected chi connectivity index (χ3v) is 4.03. The van der Waals surface area contributed by atoms with Crippen molar-refractivity contribution in [3.8, 4) is 0 Å². The minimum atomic E-state index is -0.485. The minimum Gasteiger partial charge on any atom is -0.388 e. The summed E-state index contributed by atoms with van der Waals surface area (Å²) in [5.41, 5.74) is 2.58. The van der Waals surface area contributed by atoms with Gasteiger partial charge in [-0.3, -0.25) is 4.79 Å². The van der Waals surface area contributed by atoms with E-state index in [-0.39, 0.29) is 5.91 Å². The fourth-order valence-electron chi connectivity index (χ4n) is 2.67. The number of nitrogens with zero attached hydrogens (tertiary/aromatic N) is 1. The minimum absolute atomic E-state index is 0.0386. The molecule has 0 fully saturated rings. The Morgan fingerprint density at radius 2 is 1.90 bits per heavy atom. The molecule has 1 unspecified atom stereocenters. The Morgan fingerprint density at radius 1 is 1.19 bits per heavy atom. The maximum Gasteiger partial charge on any atom is 0.231 e. The molecule has 0 saturated carbocycles. The van der Waals surface area contributed by atoms with E-state index >= 15 is 0 Å². The first kappa shape index (κ1) is 14.1. The zero-order chi connectivity index (χ0) is 14.8. The van der Waals surface area contributed by atoms with Crippen LogP contribution in [0, 0.1) is 0 Å². The first-order valence-corrected chi connectivity index (χ1v) is 7.35. The summed E-state index contributed by atoms with van der Waals surface area (Å²) in [6, 6.07) is 14.8. The topological polar surface area (TPSA) is 40.5 Å². The van der Waals surface area contributed by atoms with E-state index in [0.717, 1.165) is 16.8 Å². The summed E-state index contributed by atoms with van der Waals surface area (Å²) in [6.07, 6.45) is 0.422. The van der Waals surface area contributed by atoms with Crippen LogP contribution < -0.4 is 4.90 Å². The van der Waals surface area contributed by atoms with Crippen molar-refractivity contribution in [2.45, 2.75) is 18.9 Å². The van der Waals surface area contributed by atoms with Gasteiger partial charge in [-0.15, -0.1) is 0 Å². The molecule has 1 heterocycles. The van der Waals surface area contributed by atoms with E-state index in [2.05, 4.69) is 0 Å². The van der Waals surface area contributed by atoms with Crippen LogP contribution in [0.1, 0.15) is 23.7 Å². The van der Waals surface area contributed by atoms with Crippen molar-refractivity contribution >= 4 is 23.2 Å². The van der Waals surface area contributed by atoms with Gasteiger partial charge < -0.3 is 10.0 Å². The average molecular weight is 302 g/mol. The number of carbonyl (C=O) groups is 1. The second kappa shape index (κ2) is 5.88. The molecule has 0 aliphatic carbocycles. The van der Waals surface area contributed by atoms with Gasteiger partial charge in [0.05, 0.1) is 12.5 Å². The average Bonchev–Trinajstić information content (AvgIpc) is 2.50. The lowest BCUT2D eigenvalue weighted by molar-refractivity contribution is -0.118. The Hall–Kier alpha value is -1.84. The number of hydrogen-bond acceptors (Lipinski definition) is 2. The highest BCUT2D eigenvalue weighted by Crippen LogP contribution is 2.33. The van der Waals surface area contributed by atoms with Crippen LogP contribution >= 0.6 is 11.6 Å². The second-order valence-electron chi connectivity index (χ2n) is 5.21. The lowest BCUT2D eigenvalue weighted by atomic mass is 9.98. The van der Waals surface area contributed by atoms with Crippen molar-refractivity contribution in [1.29, 1.82) is 0 Å². The molecule has 3 nitrogen and oxygen atoms in total. The number of benzene rings is 2. The predicted octanol–water partition coefficient (Wildman–Crippen LogP) is 3.35. The van der Waals surface area contributed by atoms with Crippen LogP contribution in [0.4, 0.5) is 5.69 Å². The number of aliphatic hydroxyl groups excluding tert-OH is 1. The molecule has 108 valence electrons. The highest BCUT2D eigenvalue weighted by molar-refractivity contribution is 6.30. The van der Waals surface area contributed by atoms with E-state index in [1.165, 1.54) is 0 Å². The van der Waals surface area contributed by atoms with E-state index in [1.807, 2.05) is 36.4 Å². The molecule has 0 radical (unpaired) electrons. The Labute approximate surface area is 128 Å². The summed E-state index contributed by atoms with van der Waals surface area (Å²) in [4.78, 5) is 14.3. The van der Waals surface area contributed by atoms with Gasteiger partial charge in [-0.25, -0.2) is 0 Å². The highest BCUT2D eigenvalue weighted by atomic mass is 35.5. The molecule has 1 aliphatic heterocycles. The van der Waals surface area contributed by atoms with Gasteiger partial charge in [0.25, 0.3) is 0 Å². The zero-order valence-electron chi connectivity index (χ0n) is 11.5. The molecular weight excluding hydrogens is 286 g/mol. The van der Waals surface area contributed by atoms with Gasteiger partial charge in [0.1, 0.15) is 0 Å². The van der Waals surface area contributed by atoms with Crippen molar-refractivity contribution in [3.63, 3.8) is 0 Å². The normalized spacial score (nSPS) is 17.4. The summed E-state index contributed by atoms with van der Waals surface area (Å²) < 4.78 is 0. The molecule has 0 saturated heterocycles. The lowest BCUT2D eigenvalue weighted by Gasteiger charge is -2.32. The molecule has 0 spiro atoms. The van der Waals surface area contributed by atoms with Gasteiger partial charge in [-0.05, 0) is 30.2 Å². The zero-order valence-corrected chi connectivity index (χ0v) is 12.3. The van der Waals surface area contributed by atoms with Crippen molar-refractivity contribution in [1.82, 2.24) is 0 Å². The fourth-order valence-corrected chi connectivity index (χ4v) is 2.80. The first-order valence-electron chi connectivity index (χ1n) is 6.97. The monoisotopic (exact) mass is 301 g/mol. The molecule has 4 heteroatoms. The smallest absolute Gasteiger partial charge is 0.231 e. The van der Waals surface area contributed by atoms with E-state index in [1.54, 1.807) is 17.0 Å². The fraction of sp³-hybridized carbons (Fsp3) is 0.235. The summed E-state index contributed by atoms with van der Waals surface area (Å²) in [7, 11) is 0. The summed E-state index contributed by atoms with van der Waals surface area (Å²) in [5, 5.41) is 10.7. The Kier molecular flexibility index (Phi) is 3.95. The van der Waals surface area contributed by atoms with Crippen molar-refractivity contribution < 1.29 is 9.90 Å². The highest BCUT2D eigenvalue weighted by Gasteiger charge is 2.26. The number of para-hydroxylation sites is 1. The predicted molar refractivity (Wildman–Crippen MR) is 83.5 cm³/mol. The molecule has 21 heavy (non-hydrogen) atoms. The number of aliphatic hydroxyl groups is 1. The Morgan fingerprint density at radius 3 is 2.67 bits per heavy atom. The van der Waals surface area contributed by atoms with Crippen LogP contribution in [-0.2, 0) is 11.2 Å². The molecule has 0 aromatic heterocycles. The second-order valence-corrected chi connectivity index (χ2v) is 5.65. The van der Waals surface area contributed by atoms with Gasteiger partial charge in [0, 0.05) is 22.8 Å². The molecule has 2 aromatic rings. The number of rotatable bonds is 2. The van der Waals surface area contributed by atoms with Crippen LogP contribution in [0.3, 0.4) is 0 Å². The summed E-state index contributed by atoms with van der Waals surface area (Å²) in [6.45, 7) is 0.546. The molecule has 0 bridgehead atoms. The number of amides is 1. The number of carbonyl (C=O) groups excluding carboxylic acids is 1. The number of anilines is 1. The lowest BCUT2D eigenvalue weighted by Crippen LogP contribution is -2.37. The molecule has 1 amide bonds. The van der Waals surface area contributed by atoms with Crippen molar-refractivity contribution in [2.75, 3.05) is 11.4 Å². The maximum atomic E-state index is 12.5. The van der Waals surface area contributed by atoms with Crippen LogP contribution in [-0.4, -0.2) is 17.6 Å². The number of fused-ring (bicyclic) bond motifs is 1. The van der Waals surface area contributed by atoms with Gasteiger partial charge >= 0.3 is 0 Å². The number of hydrogen-bond donors (Lipinski definition) is 1. The molecule has 2 aromatic carbocycles. The van der Waals surface area contributed by atoms with E-state index in [9.17, 15) is 9.90 Å². The largest absolute Gasteiger partial charge is 0.388 e. The SMILES string of the molecule is O=C(Cc1ccc(Cl)cc1)N1CCC(O)c2ccccc21. The van der Waals surface area contributed by atoms with E-state index in [4.69, 9.17) is 11.6 Å². The van der Waals surface area contributed by atoms with Crippen molar-refractivity contribution in [2.24, 2.45) is 0 Å². The standard InChI is InChI=1S/C17H16ClNO2/c18-13-7-5-12(6-8-13)11-17(21)19-10-9-16(20)14-3-1-2-4-15(14)19/h1-8,16,20H,9-11H2. The van der Waals surface area contributed by atoms with Gasteiger partial charge in [-0.2, -0.15) is 0 Å². The number of halogens is 1. The van der Waals surface area contributed by atoms with E-state index < -0.39 is 6.10 Å². The van der Waals surface area contributed by atoms with Crippen LogP contribution in [0.15, 0.2) is 48.5 Å². The van der Waals surface area contributed by atoms with Gasteiger partial charge in [0.15, 0.2) is 0 Å². The molecule has 1 N–H and O–H groups in total. The molecule has 1 aliphatic rings. The Bertz CT molecular complexity index is 654. The van der Waals surface area contributed by atoms with Crippen molar-refractivity contribution in [3.05, 3.63) is 64.7 Å². The van der Waals surface area contributed by atoms with Crippen LogP contribution in [0.25, 0.3) is 0 Å². The third kappa shape index (κ3) is 2.94. The summed E-state index contributed by atoms with van der Waals surface area (Å²) >= 11 is 5.86. The third-order valence-electron chi connectivity index (χ3n) is 3.78. The first-order chi connectivity index (χ1) is 10.1. The van der Waals surface area contributed by atoms with Crippen LogP contribution in [0.5, 0.6) is 0 Å². The summed E-state index contributed by atoms with van der Waals surface area (Å²) in [5.74, 6) is 0.0386. The van der Waals surface area contributed by atoms with Crippen LogP contribution in [0.2, 0.25) is 5.02 Å². The Balaban J connectivity index is 1.82. The van der Waals surface area contributed by atoms with E-state index in [0.29, 0.717) is 24.4 Å². The molecular formula is C17H16ClNO2. The van der Waals surface area contributed by atoms with Gasteiger partial charge in [-0.1, -0.05) is 41.9 Å². The molecule has 1 atom stereocenters. The molecule has 3 rings (SSSR count). The van der Waals surface area contributed by atoms with Gasteiger partial charge in [0.2, 0.25) is 5.91 Å².